The standard InChI is InChI=1S/C20H19N7O4/c1-4-25-11-17(12(2)24-25)18-5-6-21-19-16(10-22-26(18)19)20(28)23-13-7-14(27(29)30)9-15(8-13)31-3/h5-11H,4H2,1-3H3,(H,23,28). The summed E-state index contributed by atoms with van der Waals surface area (Å²) < 4.78 is 8.48. The van der Waals surface area contributed by atoms with Gasteiger partial charge < -0.3 is 10.1 Å². The van der Waals surface area contributed by atoms with Crippen molar-refractivity contribution in [1.82, 2.24) is 24.4 Å². The summed E-state index contributed by atoms with van der Waals surface area (Å²) in [5.41, 5.74) is 3.08. The third-order valence-corrected chi connectivity index (χ3v) is 4.79. The van der Waals surface area contributed by atoms with E-state index in [4.69, 9.17) is 4.74 Å². The number of nitrogens with zero attached hydrogens (tertiary/aromatic N) is 6. The van der Waals surface area contributed by atoms with Crippen LogP contribution in [0, 0.1) is 17.0 Å². The molecule has 0 saturated heterocycles. The molecule has 11 nitrogen and oxygen atoms in total. The number of methoxy groups -OCH3 is 1. The second-order valence-corrected chi connectivity index (χ2v) is 6.74. The molecule has 4 aromatic rings. The van der Waals surface area contributed by atoms with Crippen LogP contribution < -0.4 is 10.1 Å². The number of anilines is 1. The van der Waals surface area contributed by atoms with Crippen LogP contribution in [0.5, 0.6) is 5.75 Å². The number of benzene rings is 1. The number of hydrogen-bond donors (Lipinski definition) is 1. The van der Waals surface area contributed by atoms with Crippen molar-refractivity contribution < 1.29 is 14.5 Å². The average molecular weight is 421 g/mol. The molecular formula is C20H19N7O4. The number of aromatic nitrogens is 5. The zero-order valence-corrected chi connectivity index (χ0v) is 17.1. The lowest BCUT2D eigenvalue weighted by Gasteiger charge is -2.07. The van der Waals surface area contributed by atoms with Gasteiger partial charge in [0.05, 0.1) is 41.4 Å². The van der Waals surface area contributed by atoms with Gasteiger partial charge in [-0.1, -0.05) is 0 Å². The molecule has 11 heteroatoms. The maximum absolute atomic E-state index is 12.9. The number of fused-ring (bicyclic) bond motifs is 1. The zero-order chi connectivity index (χ0) is 22.1. The third-order valence-electron chi connectivity index (χ3n) is 4.79. The lowest BCUT2D eigenvalue weighted by molar-refractivity contribution is -0.384. The SMILES string of the molecule is CCn1cc(-c2ccnc3c(C(=O)Nc4cc(OC)cc([N+](=O)[O-])c4)cnn23)c(C)n1. The molecule has 3 heterocycles. The Morgan fingerprint density at radius 1 is 1.32 bits per heavy atom. The Balaban J connectivity index is 1.71. The molecule has 0 radical (unpaired) electrons. The van der Waals surface area contributed by atoms with Gasteiger partial charge in [0, 0.05) is 36.6 Å². The molecule has 0 spiro atoms. The van der Waals surface area contributed by atoms with Crippen molar-refractivity contribution >= 4 is 22.9 Å². The molecule has 0 atom stereocenters. The molecule has 1 aromatic carbocycles. The van der Waals surface area contributed by atoms with Gasteiger partial charge in [-0.2, -0.15) is 10.2 Å². The predicted molar refractivity (Wildman–Crippen MR) is 112 cm³/mol. The molecule has 0 aliphatic heterocycles. The fourth-order valence-corrected chi connectivity index (χ4v) is 3.26. The first-order valence-corrected chi connectivity index (χ1v) is 9.43. The van der Waals surface area contributed by atoms with Gasteiger partial charge in [0.1, 0.15) is 11.3 Å². The van der Waals surface area contributed by atoms with Crippen LogP contribution in [-0.2, 0) is 6.54 Å². The van der Waals surface area contributed by atoms with Crippen molar-refractivity contribution in [3.8, 4) is 17.0 Å². The van der Waals surface area contributed by atoms with E-state index >= 15 is 0 Å². The predicted octanol–water partition coefficient (Wildman–Crippen LogP) is 3.09. The highest BCUT2D eigenvalue weighted by Crippen LogP contribution is 2.27. The number of carbonyl (C=O) groups is 1. The summed E-state index contributed by atoms with van der Waals surface area (Å²) in [6.07, 6.45) is 4.93. The molecule has 0 unspecified atom stereocenters. The van der Waals surface area contributed by atoms with Gasteiger partial charge in [-0.05, 0) is 19.9 Å². The van der Waals surface area contributed by atoms with Crippen molar-refractivity contribution in [2.24, 2.45) is 0 Å². The maximum Gasteiger partial charge on any atom is 0.275 e. The number of nitro benzene ring substituents is 1. The first-order valence-electron chi connectivity index (χ1n) is 9.43. The van der Waals surface area contributed by atoms with Crippen LogP contribution in [0.4, 0.5) is 11.4 Å². The minimum Gasteiger partial charge on any atom is -0.496 e. The summed E-state index contributed by atoms with van der Waals surface area (Å²) in [7, 11) is 1.39. The van der Waals surface area contributed by atoms with Crippen molar-refractivity contribution in [2.75, 3.05) is 12.4 Å². The van der Waals surface area contributed by atoms with Crippen LogP contribution in [0.1, 0.15) is 23.0 Å². The third kappa shape index (κ3) is 3.68. The number of carbonyl (C=O) groups excluding carboxylic acids is 1. The van der Waals surface area contributed by atoms with Crippen LogP contribution in [0.15, 0.2) is 42.9 Å². The van der Waals surface area contributed by atoms with Crippen molar-refractivity contribution in [3.05, 3.63) is 64.2 Å². The number of nitrogens with one attached hydrogen (secondary N) is 1. The van der Waals surface area contributed by atoms with Crippen molar-refractivity contribution in [3.63, 3.8) is 0 Å². The van der Waals surface area contributed by atoms with Crippen LogP contribution in [-0.4, -0.2) is 42.3 Å². The summed E-state index contributed by atoms with van der Waals surface area (Å²) in [6.45, 7) is 4.63. The number of ether oxygens (including phenoxy) is 1. The van der Waals surface area contributed by atoms with Gasteiger partial charge in [0.15, 0.2) is 5.65 Å². The molecule has 0 bridgehead atoms. The molecule has 0 aliphatic carbocycles. The minimum atomic E-state index is -0.555. The van der Waals surface area contributed by atoms with Crippen molar-refractivity contribution in [2.45, 2.75) is 20.4 Å². The van der Waals surface area contributed by atoms with Crippen LogP contribution in [0.2, 0.25) is 0 Å². The monoisotopic (exact) mass is 421 g/mol. The number of non-ortho nitro benzene ring substituents is 1. The minimum absolute atomic E-state index is 0.196. The second kappa shape index (κ2) is 7.86. The highest BCUT2D eigenvalue weighted by Gasteiger charge is 2.19. The van der Waals surface area contributed by atoms with Gasteiger partial charge in [-0.15, -0.1) is 0 Å². The first kappa shape index (κ1) is 20.0. The van der Waals surface area contributed by atoms with Crippen LogP contribution in [0.25, 0.3) is 16.9 Å². The molecule has 1 N–H and O–H groups in total. The topological polar surface area (TPSA) is 129 Å². The Hall–Kier alpha value is -4.28. The highest BCUT2D eigenvalue weighted by atomic mass is 16.6. The largest absolute Gasteiger partial charge is 0.496 e. The van der Waals surface area contributed by atoms with Crippen LogP contribution >= 0.6 is 0 Å². The summed E-state index contributed by atoms with van der Waals surface area (Å²) in [5.74, 6) is -0.239. The van der Waals surface area contributed by atoms with Gasteiger partial charge >= 0.3 is 0 Å². The van der Waals surface area contributed by atoms with E-state index in [1.165, 1.54) is 31.5 Å². The van der Waals surface area contributed by atoms with E-state index in [0.29, 0.717) is 5.65 Å². The van der Waals surface area contributed by atoms with E-state index in [1.54, 1.807) is 16.8 Å². The molecule has 4 rings (SSSR count). The number of nitro groups is 1. The van der Waals surface area contributed by atoms with Gasteiger partial charge in [-0.3, -0.25) is 19.6 Å². The number of rotatable bonds is 6. The normalized spacial score (nSPS) is 10.9. The summed E-state index contributed by atoms with van der Waals surface area (Å²) in [4.78, 5) is 27.8. The quantitative estimate of drug-likeness (QED) is 0.374. The molecule has 158 valence electrons. The number of aryl methyl sites for hydroxylation is 2. The van der Waals surface area contributed by atoms with Gasteiger partial charge in [0.2, 0.25) is 0 Å². The van der Waals surface area contributed by atoms with E-state index in [9.17, 15) is 14.9 Å². The van der Waals surface area contributed by atoms with Gasteiger partial charge in [0.25, 0.3) is 11.6 Å². The van der Waals surface area contributed by atoms with E-state index in [-0.39, 0.29) is 22.7 Å². The van der Waals surface area contributed by atoms with E-state index in [0.717, 1.165) is 23.5 Å². The summed E-state index contributed by atoms with van der Waals surface area (Å²) in [5, 5.41) is 22.6. The summed E-state index contributed by atoms with van der Waals surface area (Å²) >= 11 is 0. The fourth-order valence-electron chi connectivity index (χ4n) is 3.26. The molecule has 0 saturated carbocycles. The maximum atomic E-state index is 12.9. The Labute approximate surface area is 176 Å². The Kier molecular flexibility index (Phi) is 5.07. The molecule has 1 amide bonds. The molecular weight excluding hydrogens is 402 g/mol. The lowest BCUT2D eigenvalue weighted by atomic mass is 10.2. The van der Waals surface area contributed by atoms with Crippen LogP contribution in [0.3, 0.4) is 0 Å². The first-order chi connectivity index (χ1) is 14.9. The fraction of sp³-hybridized carbons (Fsp3) is 0.200. The van der Waals surface area contributed by atoms with E-state index in [2.05, 4.69) is 20.5 Å². The van der Waals surface area contributed by atoms with E-state index in [1.807, 2.05) is 24.7 Å². The molecule has 31 heavy (non-hydrogen) atoms. The molecule has 0 fully saturated rings. The van der Waals surface area contributed by atoms with E-state index < -0.39 is 10.8 Å². The Morgan fingerprint density at radius 3 is 2.81 bits per heavy atom. The average Bonchev–Trinajstić information content (AvgIpc) is 3.36. The van der Waals surface area contributed by atoms with Crippen molar-refractivity contribution in [1.29, 1.82) is 0 Å². The Bertz CT molecular complexity index is 1310. The Morgan fingerprint density at radius 2 is 2.13 bits per heavy atom. The number of hydrogen-bond acceptors (Lipinski definition) is 7. The highest BCUT2D eigenvalue weighted by molar-refractivity contribution is 6.08. The number of amides is 1. The lowest BCUT2D eigenvalue weighted by Crippen LogP contribution is -2.12. The smallest absolute Gasteiger partial charge is 0.275 e. The molecule has 3 aromatic heterocycles. The van der Waals surface area contributed by atoms with Gasteiger partial charge in [-0.25, -0.2) is 9.50 Å². The second-order valence-electron chi connectivity index (χ2n) is 6.74. The molecule has 0 aliphatic rings. The summed E-state index contributed by atoms with van der Waals surface area (Å²) in [6, 6.07) is 5.83. The zero-order valence-electron chi connectivity index (χ0n) is 17.1.